The third kappa shape index (κ3) is 4140. The van der Waals surface area contributed by atoms with E-state index in [4.69, 9.17) is 39.6 Å². The summed E-state index contributed by atoms with van der Waals surface area (Å²) in [5.74, 6) is -4.33. The molecule has 0 amide bonds. The first-order chi connectivity index (χ1) is 6.93. The van der Waals surface area contributed by atoms with E-state index in [1.165, 1.54) is 0 Å². The van der Waals surface area contributed by atoms with Crippen LogP contribution in [0.4, 0.5) is 0 Å². The Hall–Kier alpha value is 1.72. The molecule has 0 bridgehead atoms. The summed E-state index contributed by atoms with van der Waals surface area (Å²) >= 11 is 0. The molecule has 0 heterocycles. The molecule has 0 aliphatic carbocycles. The SMILES string of the molecule is CC(=O)[O-].CC(=O)[O-].CC(=O)[O-].CC(=O)[O-].O.O.O.O.[Na+].[Na+].[Na+].[Na+]. The van der Waals surface area contributed by atoms with Gasteiger partial charge in [0.2, 0.25) is 0 Å². The standard InChI is InChI=1S/4C2H4O2.4Na.4H2O/c4*1-2(3)4;;;;;;;;/h4*1H3,(H,3,4);;;;;4*1H2/q;;;;4*+1;;;;/p-4. The smallest absolute Gasteiger partial charge is 0.550 e. The van der Waals surface area contributed by atoms with Gasteiger partial charge in [-0.3, -0.25) is 0 Å². The van der Waals surface area contributed by atoms with Crippen molar-refractivity contribution in [3.05, 3.63) is 0 Å². The van der Waals surface area contributed by atoms with Gasteiger partial charge in [-0.2, -0.15) is 0 Å². The number of carboxylic acid groups (broad SMARTS) is 4. The van der Waals surface area contributed by atoms with Gasteiger partial charge in [0.25, 0.3) is 0 Å². The van der Waals surface area contributed by atoms with Gasteiger partial charge in [-0.1, -0.05) is 0 Å². The van der Waals surface area contributed by atoms with Crippen molar-refractivity contribution in [3.63, 3.8) is 0 Å². The second-order valence-electron chi connectivity index (χ2n) is 1.97. The molecule has 0 spiro atoms. The predicted molar refractivity (Wildman–Crippen MR) is 57.2 cm³/mol. The van der Waals surface area contributed by atoms with Gasteiger partial charge in [0.05, 0.1) is 0 Å². The quantitative estimate of drug-likeness (QED) is 0.351. The zero-order valence-corrected chi connectivity index (χ0v) is 23.3. The van der Waals surface area contributed by atoms with Crippen LogP contribution in [0.25, 0.3) is 0 Å². The molecule has 0 aromatic carbocycles. The molecule has 0 aromatic rings. The summed E-state index contributed by atoms with van der Waals surface area (Å²) < 4.78 is 0. The summed E-state index contributed by atoms with van der Waals surface area (Å²) in [6, 6.07) is 0. The summed E-state index contributed by atoms with van der Waals surface area (Å²) in [4.78, 5) is 35.6. The topological polar surface area (TPSA) is 287 Å². The second kappa shape index (κ2) is 73.9. The van der Waals surface area contributed by atoms with Crippen molar-refractivity contribution in [2.45, 2.75) is 27.7 Å². The Morgan fingerprint density at radius 3 is 0.417 bits per heavy atom. The van der Waals surface area contributed by atoms with Gasteiger partial charge in [-0.15, -0.1) is 0 Å². The number of carboxylic acids is 4. The van der Waals surface area contributed by atoms with E-state index < -0.39 is 23.9 Å². The van der Waals surface area contributed by atoms with Crippen molar-refractivity contribution in [1.29, 1.82) is 0 Å². The van der Waals surface area contributed by atoms with E-state index in [9.17, 15) is 0 Å². The molecule has 0 saturated heterocycles. The van der Waals surface area contributed by atoms with E-state index in [1.807, 2.05) is 0 Å². The van der Waals surface area contributed by atoms with Crippen molar-refractivity contribution >= 4 is 23.9 Å². The molecule has 16 heteroatoms. The van der Waals surface area contributed by atoms with Crippen molar-refractivity contribution in [1.82, 2.24) is 0 Å². The third-order valence-corrected chi connectivity index (χ3v) is 0. The van der Waals surface area contributed by atoms with Crippen LogP contribution in [0, 0.1) is 0 Å². The molecule has 12 nitrogen and oxygen atoms in total. The number of aliphatic carboxylic acids is 4. The van der Waals surface area contributed by atoms with E-state index >= 15 is 0 Å². The summed E-state index contributed by atoms with van der Waals surface area (Å²) in [5, 5.41) is 35.6. The van der Waals surface area contributed by atoms with E-state index in [1.54, 1.807) is 0 Å². The zero-order valence-electron chi connectivity index (χ0n) is 15.3. The molecular weight excluding hydrogens is 380 g/mol. The van der Waals surface area contributed by atoms with Gasteiger partial charge in [-0.05, 0) is 27.7 Å². The van der Waals surface area contributed by atoms with E-state index in [0.717, 1.165) is 27.7 Å². The van der Waals surface area contributed by atoms with Crippen molar-refractivity contribution in [2.24, 2.45) is 0 Å². The van der Waals surface area contributed by atoms with E-state index in [-0.39, 0.29) is 140 Å². The molecule has 0 radical (unpaired) electrons. The number of hydrogen-bond acceptors (Lipinski definition) is 8. The van der Waals surface area contributed by atoms with Crippen LogP contribution in [-0.4, -0.2) is 45.8 Å². The Labute approximate surface area is 228 Å². The van der Waals surface area contributed by atoms with Crippen molar-refractivity contribution in [2.75, 3.05) is 0 Å². The Morgan fingerprint density at radius 1 is 0.417 bits per heavy atom. The van der Waals surface area contributed by atoms with Crippen LogP contribution in [0.5, 0.6) is 0 Å². The average molecular weight is 400 g/mol. The van der Waals surface area contributed by atoms with Gasteiger partial charge >= 0.3 is 118 Å². The molecule has 8 N–H and O–H groups in total. The van der Waals surface area contributed by atoms with Crippen molar-refractivity contribution in [3.8, 4) is 0 Å². The first-order valence-electron chi connectivity index (χ1n) is 3.63. The molecule has 0 unspecified atom stereocenters. The van der Waals surface area contributed by atoms with Gasteiger partial charge in [0.1, 0.15) is 0 Å². The Morgan fingerprint density at radius 2 is 0.417 bits per heavy atom. The van der Waals surface area contributed by atoms with Crippen LogP contribution in [-0.2, 0) is 19.2 Å². The van der Waals surface area contributed by atoms with Crippen LogP contribution in [0.3, 0.4) is 0 Å². The minimum atomic E-state index is -1.08. The number of hydrogen-bond donors (Lipinski definition) is 0. The Kier molecular flexibility index (Phi) is 257. The van der Waals surface area contributed by atoms with Gasteiger partial charge in [0, 0.05) is 23.9 Å². The number of carbonyl (C=O) groups is 4. The normalized spacial score (nSPS) is 4.17. The fraction of sp³-hybridized carbons (Fsp3) is 0.500. The van der Waals surface area contributed by atoms with E-state index in [2.05, 4.69) is 0 Å². The first kappa shape index (κ1) is 83.5. The number of carbonyl (C=O) groups excluding carboxylic acids is 4. The van der Waals surface area contributed by atoms with Crippen LogP contribution in [0.15, 0.2) is 0 Å². The summed E-state index contributed by atoms with van der Waals surface area (Å²) in [6.45, 7) is 3.89. The predicted octanol–water partition coefficient (Wildman–Crippen LogP) is -20.3. The zero-order chi connectivity index (χ0) is 14.3. The summed E-state index contributed by atoms with van der Waals surface area (Å²) in [7, 11) is 0. The fourth-order valence-corrected chi connectivity index (χ4v) is 0. The third-order valence-electron chi connectivity index (χ3n) is 0. The largest absolute Gasteiger partial charge is 1.00 e. The molecule has 0 aromatic heterocycles. The maximum atomic E-state index is 8.89. The molecule has 24 heavy (non-hydrogen) atoms. The monoisotopic (exact) mass is 400 g/mol. The molecule has 0 saturated carbocycles. The second-order valence-corrected chi connectivity index (χ2v) is 1.97. The first-order valence-corrected chi connectivity index (χ1v) is 3.63. The van der Waals surface area contributed by atoms with Crippen LogP contribution < -0.4 is 139 Å². The maximum absolute atomic E-state index is 8.89. The molecule has 0 rings (SSSR count). The van der Waals surface area contributed by atoms with Gasteiger partial charge in [0.15, 0.2) is 0 Å². The number of rotatable bonds is 0. The molecule has 0 atom stereocenters. The van der Waals surface area contributed by atoms with Gasteiger partial charge in [-0.25, -0.2) is 0 Å². The Bertz CT molecular complexity index is 175. The molecular formula is C8H20Na4O12. The van der Waals surface area contributed by atoms with Crippen molar-refractivity contribution < 1.29 is 180 Å². The van der Waals surface area contributed by atoms with Crippen LogP contribution in [0.1, 0.15) is 27.7 Å². The average Bonchev–Trinajstić information content (AvgIpc) is 1.76. The van der Waals surface area contributed by atoms with Crippen LogP contribution >= 0.6 is 0 Å². The molecule has 0 aliphatic rings. The molecule has 0 aliphatic heterocycles. The van der Waals surface area contributed by atoms with Crippen LogP contribution in [0.2, 0.25) is 0 Å². The Balaban J connectivity index is -0.00000000720. The summed E-state index contributed by atoms with van der Waals surface area (Å²) in [5.41, 5.74) is 0. The fourth-order valence-electron chi connectivity index (χ4n) is 0. The minimum absolute atomic E-state index is 0. The molecule has 0 fully saturated rings. The minimum Gasteiger partial charge on any atom is -0.550 e. The molecule has 128 valence electrons. The van der Waals surface area contributed by atoms with E-state index in [0.29, 0.717) is 0 Å². The van der Waals surface area contributed by atoms with Gasteiger partial charge < -0.3 is 61.5 Å². The summed E-state index contributed by atoms with van der Waals surface area (Å²) in [6.07, 6.45) is 0. The maximum Gasteiger partial charge on any atom is 1.00 e.